The first-order valence-electron chi connectivity index (χ1n) is 9.48. The summed E-state index contributed by atoms with van der Waals surface area (Å²) in [4.78, 5) is 16.6. The van der Waals surface area contributed by atoms with E-state index in [4.69, 9.17) is 11.6 Å². The molecule has 10 heteroatoms. The molecule has 3 aromatic heterocycles. The molecule has 158 valence electrons. The Labute approximate surface area is 188 Å². The van der Waals surface area contributed by atoms with Gasteiger partial charge in [0.2, 0.25) is 5.91 Å². The fourth-order valence-electron chi connectivity index (χ4n) is 3.14. The van der Waals surface area contributed by atoms with E-state index in [0.717, 1.165) is 22.5 Å². The molecule has 0 saturated heterocycles. The van der Waals surface area contributed by atoms with Gasteiger partial charge in [-0.2, -0.15) is 5.10 Å². The molecule has 31 heavy (non-hydrogen) atoms. The maximum Gasteiger partial charge on any atom is 0.235 e. The summed E-state index contributed by atoms with van der Waals surface area (Å²) in [5.41, 5.74) is 3.46. The van der Waals surface area contributed by atoms with Gasteiger partial charge in [0.05, 0.1) is 17.1 Å². The zero-order chi connectivity index (χ0) is 22.0. The monoisotopic (exact) mass is 453 g/mol. The minimum Gasteiger partial charge on any atom is -0.310 e. The first-order chi connectivity index (χ1) is 14.9. The van der Waals surface area contributed by atoms with Crippen LogP contribution >= 0.6 is 23.4 Å². The topological polar surface area (TPSA) is 90.5 Å². The van der Waals surface area contributed by atoms with E-state index in [1.165, 1.54) is 11.8 Å². The zero-order valence-electron chi connectivity index (χ0n) is 17.2. The van der Waals surface area contributed by atoms with E-state index in [1.54, 1.807) is 24.1 Å². The van der Waals surface area contributed by atoms with Gasteiger partial charge in [-0.05, 0) is 43.7 Å². The normalized spacial score (nSPS) is 11.0. The van der Waals surface area contributed by atoms with E-state index >= 15 is 0 Å². The summed E-state index contributed by atoms with van der Waals surface area (Å²) < 4.78 is 3.56. The lowest BCUT2D eigenvalue weighted by Crippen LogP contribution is -2.16. The van der Waals surface area contributed by atoms with Crippen LogP contribution in [0.15, 0.2) is 53.9 Å². The molecule has 0 aliphatic heterocycles. The molecule has 3 heterocycles. The SMILES string of the molecule is Cc1cc(NC(=O)CSc2nnc(-c3ccncc3)n2-c2cccc(Cl)c2C)n(C)n1. The summed E-state index contributed by atoms with van der Waals surface area (Å²) in [6.45, 7) is 3.82. The number of nitrogens with zero attached hydrogens (tertiary/aromatic N) is 6. The minimum absolute atomic E-state index is 0.157. The Morgan fingerprint density at radius 3 is 2.65 bits per heavy atom. The quantitative estimate of drug-likeness (QED) is 0.442. The van der Waals surface area contributed by atoms with Crippen LogP contribution in [0.25, 0.3) is 17.1 Å². The summed E-state index contributed by atoms with van der Waals surface area (Å²) >= 11 is 7.67. The molecule has 0 unspecified atom stereocenters. The average molecular weight is 454 g/mol. The lowest BCUT2D eigenvalue weighted by atomic mass is 10.2. The highest BCUT2D eigenvalue weighted by atomic mass is 35.5. The molecular formula is C21H20ClN7OS. The maximum absolute atomic E-state index is 12.5. The number of rotatable bonds is 6. The number of benzene rings is 1. The van der Waals surface area contributed by atoms with E-state index in [2.05, 4.69) is 25.6 Å². The summed E-state index contributed by atoms with van der Waals surface area (Å²) in [6, 6.07) is 11.2. The third-order valence-corrected chi connectivity index (χ3v) is 5.99. The van der Waals surface area contributed by atoms with Gasteiger partial charge in [0.15, 0.2) is 11.0 Å². The molecule has 0 fully saturated rings. The first-order valence-corrected chi connectivity index (χ1v) is 10.8. The number of amides is 1. The van der Waals surface area contributed by atoms with Crippen molar-refractivity contribution in [2.45, 2.75) is 19.0 Å². The van der Waals surface area contributed by atoms with Crippen LogP contribution < -0.4 is 5.32 Å². The Morgan fingerprint density at radius 1 is 1.16 bits per heavy atom. The molecular weight excluding hydrogens is 434 g/mol. The standard InChI is InChI=1S/C21H20ClN7OS/c1-13-11-18(28(3)27-13)24-19(30)12-31-21-26-25-20(15-7-9-23-10-8-15)29(21)17-6-4-5-16(22)14(17)2/h4-11H,12H2,1-3H3,(H,24,30). The second-order valence-electron chi connectivity index (χ2n) is 6.89. The molecule has 4 aromatic rings. The summed E-state index contributed by atoms with van der Waals surface area (Å²) in [5, 5.41) is 17.1. The van der Waals surface area contributed by atoms with E-state index in [-0.39, 0.29) is 11.7 Å². The molecule has 1 N–H and O–H groups in total. The van der Waals surface area contributed by atoms with Crippen molar-refractivity contribution in [1.29, 1.82) is 0 Å². The molecule has 0 aliphatic rings. The molecule has 8 nitrogen and oxygen atoms in total. The van der Waals surface area contributed by atoms with Gasteiger partial charge in [0.25, 0.3) is 0 Å². The van der Waals surface area contributed by atoms with Gasteiger partial charge < -0.3 is 5.32 Å². The number of carbonyl (C=O) groups excluding carboxylic acids is 1. The predicted octanol–water partition coefficient (Wildman–Crippen LogP) is 4.06. The number of nitrogens with one attached hydrogen (secondary N) is 1. The molecule has 1 aromatic carbocycles. The average Bonchev–Trinajstić information content (AvgIpc) is 3.31. The fourth-order valence-corrected chi connectivity index (χ4v) is 4.06. The van der Waals surface area contributed by atoms with Gasteiger partial charge in [-0.1, -0.05) is 29.4 Å². The van der Waals surface area contributed by atoms with Crippen LogP contribution in [0.4, 0.5) is 5.82 Å². The predicted molar refractivity (Wildman–Crippen MR) is 122 cm³/mol. The number of carbonyl (C=O) groups is 1. The summed E-state index contributed by atoms with van der Waals surface area (Å²) in [5.74, 6) is 1.31. The molecule has 0 spiro atoms. The highest BCUT2D eigenvalue weighted by Gasteiger charge is 2.19. The summed E-state index contributed by atoms with van der Waals surface area (Å²) in [7, 11) is 1.79. The minimum atomic E-state index is -0.157. The van der Waals surface area contributed by atoms with Gasteiger partial charge >= 0.3 is 0 Å². The number of hydrogen-bond acceptors (Lipinski definition) is 6. The van der Waals surface area contributed by atoms with Crippen LogP contribution in [0.1, 0.15) is 11.3 Å². The van der Waals surface area contributed by atoms with Crippen molar-refractivity contribution < 1.29 is 4.79 Å². The van der Waals surface area contributed by atoms with Crippen LogP contribution in [0.3, 0.4) is 0 Å². The molecule has 0 bridgehead atoms. The molecule has 0 saturated carbocycles. The van der Waals surface area contributed by atoms with Gasteiger partial charge in [-0.3, -0.25) is 19.0 Å². The van der Waals surface area contributed by atoms with Crippen molar-refractivity contribution in [1.82, 2.24) is 29.5 Å². The Morgan fingerprint density at radius 2 is 1.94 bits per heavy atom. The maximum atomic E-state index is 12.5. The van der Waals surface area contributed by atoms with Gasteiger partial charge in [-0.15, -0.1) is 10.2 Å². The van der Waals surface area contributed by atoms with Gasteiger partial charge in [0, 0.05) is 36.1 Å². The Hall–Kier alpha value is -3.17. The van der Waals surface area contributed by atoms with Crippen molar-refractivity contribution in [2.24, 2.45) is 7.05 Å². The van der Waals surface area contributed by atoms with Gasteiger partial charge in [0.1, 0.15) is 5.82 Å². The number of anilines is 1. The Kier molecular flexibility index (Phi) is 6.06. The van der Waals surface area contributed by atoms with Crippen LogP contribution in [0.2, 0.25) is 5.02 Å². The van der Waals surface area contributed by atoms with E-state index in [1.807, 2.05) is 54.8 Å². The number of aromatic nitrogens is 6. The molecule has 1 amide bonds. The highest BCUT2D eigenvalue weighted by molar-refractivity contribution is 7.99. The molecule has 0 aliphatic carbocycles. The summed E-state index contributed by atoms with van der Waals surface area (Å²) in [6.07, 6.45) is 3.41. The number of thioether (sulfide) groups is 1. The van der Waals surface area contributed by atoms with Crippen LogP contribution in [-0.4, -0.2) is 41.2 Å². The Bertz CT molecular complexity index is 1240. The van der Waals surface area contributed by atoms with Crippen LogP contribution in [-0.2, 0) is 11.8 Å². The van der Waals surface area contributed by atoms with Crippen molar-refractivity contribution in [3.8, 4) is 17.1 Å². The van der Waals surface area contributed by atoms with E-state index < -0.39 is 0 Å². The third-order valence-electron chi connectivity index (χ3n) is 4.65. The highest BCUT2D eigenvalue weighted by Crippen LogP contribution is 2.31. The fraction of sp³-hybridized carbons (Fsp3) is 0.190. The first kappa shape index (κ1) is 21.1. The van der Waals surface area contributed by atoms with Crippen LogP contribution in [0.5, 0.6) is 0 Å². The second kappa shape index (κ2) is 8.91. The zero-order valence-corrected chi connectivity index (χ0v) is 18.8. The lowest BCUT2D eigenvalue weighted by molar-refractivity contribution is -0.113. The van der Waals surface area contributed by atoms with Crippen molar-refractivity contribution >= 4 is 35.1 Å². The van der Waals surface area contributed by atoms with Crippen molar-refractivity contribution in [3.63, 3.8) is 0 Å². The number of pyridine rings is 1. The van der Waals surface area contributed by atoms with Gasteiger partial charge in [-0.25, -0.2) is 0 Å². The third kappa shape index (κ3) is 4.47. The number of aryl methyl sites for hydroxylation is 2. The molecule has 0 atom stereocenters. The van der Waals surface area contributed by atoms with Crippen LogP contribution in [0, 0.1) is 13.8 Å². The number of hydrogen-bond donors (Lipinski definition) is 1. The van der Waals surface area contributed by atoms with E-state index in [9.17, 15) is 4.79 Å². The second-order valence-corrected chi connectivity index (χ2v) is 8.24. The van der Waals surface area contributed by atoms with E-state index in [0.29, 0.717) is 21.8 Å². The molecule has 0 radical (unpaired) electrons. The Balaban J connectivity index is 1.65. The van der Waals surface area contributed by atoms with Crippen molar-refractivity contribution in [3.05, 3.63) is 65.1 Å². The smallest absolute Gasteiger partial charge is 0.235 e. The largest absolute Gasteiger partial charge is 0.310 e. The van der Waals surface area contributed by atoms with Crippen molar-refractivity contribution in [2.75, 3.05) is 11.1 Å². The molecule has 4 rings (SSSR count). The lowest BCUT2D eigenvalue weighted by Gasteiger charge is -2.14. The number of halogens is 1.